The minimum absolute atomic E-state index is 0.0565. The molecule has 2 N–H and O–H groups in total. The van der Waals surface area contributed by atoms with Gasteiger partial charge in [0.05, 0.1) is 23.5 Å². The molecule has 22 heavy (non-hydrogen) atoms. The Bertz CT molecular complexity index is 788. The van der Waals surface area contributed by atoms with Gasteiger partial charge < -0.3 is 5.32 Å². The first-order chi connectivity index (χ1) is 10.8. The first kappa shape index (κ1) is 13.7. The van der Waals surface area contributed by atoms with Crippen molar-refractivity contribution in [2.24, 2.45) is 0 Å². The summed E-state index contributed by atoms with van der Waals surface area (Å²) in [7, 11) is 0. The van der Waals surface area contributed by atoms with E-state index in [9.17, 15) is 4.79 Å². The van der Waals surface area contributed by atoms with Gasteiger partial charge in [-0.15, -0.1) is 11.3 Å². The highest BCUT2D eigenvalue weighted by atomic mass is 32.1. The Morgan fingerprint density at radius 1 is 1.36 bits per heavy atom. The molecular formula is C16H15N3OS2. The van der Waals surface area contributed by atoms with Gasteiger partial charge in [0, 0.05) is 15.8 Å². The molecule has 112 valence electrons. The Kier molecular flexibility index (Phi) is 3.56. The van der Waals surface area contributed by atoms with E-state index in [0.29, 0.717) is 5.56 Å². The summed E-state index contributed by atoms with van der Waals surface area (Å²) in [5, 5.41) is 16.3. The van der Waals surface area contributed by atoms with Crippen molar-refractivity contribution in [3.05, 3.63) is 50.5 Å². The number of aromatic nitrogens is 2. The van der Waals surface area contributed by atoms with Crippen LogP contribution in [0.4, 0.5) is 0 Å². The average molecular weight is 329 g/mol. The molecule has 1 unspecified atom stereocenters. The molecule has 0 aromatic carbocycles. The summed E-state index contributed by atoms with van der Waals surface area (Å²) in [5.41, 5.74) is 3.69. The lowest BCUT2D eigenvalue weighted by Gasteiger charge is -2.23. The van der Waals surface area contributed by atoms with Gasteiger partial charge in [0.2, 0.25) is 0 Å². The van der Waals surface area contributed by atoms with Crippen LogP contribution in [0.1, 0.15) is 39.7 Å². The van der Waals surface area contributed by atoms with Crippen LogP contribution in [0, 0.1) is 0 Å². The van der Waals surface area contributed by atoms with E-state index in [0.717, 1.165) is 30.5 Å². The number of hydrogen-bond donors (Lipinski definition) is 2. The van der Waals surface area contributed by atoms with Crippen molar-refractivity contribution in [1.29, 1.82) is 0 Å². The van der Waals surface area contributed by atoms with E-state index in [2.05, 4.69) is 27.0 Å². The Morgan fingerprint density at radius 2 is 2.32 bits per heavy atom. The zero-order chi connectivity index (χ0) is 14.9. The number of aryl methyl sites for hydroxylation is 1. The average Bonchev–Trinajstić information content (AvgIpc) is 3.27. The number of fused-ring (bicyclic) bond motifs is 1. The van der Waals surface area contributed by atoms with Gasteiger partial charge in [-0.1, -0.05) is 0 Å². The van der Waals surface area contributed by atoms with Crippen LogP contribution in [0.15, 0.2) is 34.5 Å². The summed E-state index contributed by atoms with van der Waals surface area (Å²) >= 11 is 3.39. The van der Waals surface area contributed by atoms with Crippen LogP contribution in [0.3, 0.4) is 0 Å². The maximum absolute atomic E-state index is 12.7. The smallest absolute Gasteiger partial charge is 0.255 e. The van der Waals surface area contributed by atoms with E-state index in [-0.39, 0.29) is 11.9 Å². The quantitative estimate of drug-likeness (QED) is 0.763. The van der Waals surface area contributed by atoms with Crippen LogP contribution in [-0.4, -0.2) is 16.1 Å². The molecule has 1 aliphatic rings. The molecule has 0 aliphatic heterocycles. The van der Waals surface area contributed by atoms with E-state index in [1.165, 1.54) is 10.4 Å². The van der Waals surface area contributed by atoms with E-state index >= 15 is 0 Å². The summed E-state index contributed by atoms with van der Waals surface area (Å²) in [6.45, 7) is 0. The predicted molar refractivity (Wildman–Crippen MR) is 89.4 cm³/mol. The number of carbonyl (C=O) groups excluding carboxylic acids is 1. The molecule has 3 aromatic rings. The lowest BCUT2D eigenvalue weighted by atomic mass is 9.94. The third kappa shape index (κ3) is 2.38. The Hall–Kier alpha value is -1.92. The number of nitrogens with one attached hydrogen (secondary N) is 2. The van der Waals surface area contributed by atoms with Crippen LogP contribution in [0.2, 0.25) is 0 Å². The number of nitrogens with zero attached hydrogens (tertiary/aromatic N) is 1. The van der Waals surface area contributed by atoms with Gasteiger partial charge in [-0.05, 0) is 47.7 Å². The highest BCUT2D eigenvalue weighted by molar-refractivity contribution is 7.10. The van der Waals surface area contributed by atoms with Crippen molar-refractivity contribution in [3.63, 3.8) is 0 Å². The number of amides is 1. The summed E-state index contributed by atoms with van der Waals surface area (Å²) in [6.07, 6.45) is 4.87. The Morgan fingerprint density at radius 3 is 3.18 bits per heavy atom. The summed E-state index contributed by atoms with van der Waals surface area (Å²) < 4.78 is 0. The molecule has 0 spiro atoms. The molecule has 0 fully saturated rings. The van der Waals surface area contributed by atoms with Gasteiger partial charge in [0.15, 0.2) is 0 Å². The third-order valence-electron chi connectivity index (χ3n) is 4.05. The monoisotopic (exact) mass is 329 g/mol. The Labute approximate surface area is 136 Å². The molecule has 6 heteroatoms. The molecule has 1 amide bonds. The topological polar surface area (TPSA) is 57.8 Å². The highest BCUT2D eigenvalue weighted by Gasteiger charge is 2.24. The standard InChI is InChI=1S/C16H15N3OS2/c20-16(12-8-17-19-15(12)10-4-6-21-9-10)18-13-2-1-3-14-11(13)5-7-22-14/h4-9,13H,1-3H2,(H,17,19)(H,18,20). The summed E-state index contributed by atoms with van der Waals surface area (Å²) in [5.74, 6) is -0.0565. The number of rotatable bonds is 3. The number of thiophene rings is 2. The van der Waals surface area contributed by atoms with Crippen molar-refractivity contribution >= 4 is 28.6 Å². The predicted octanol–water partition coefficient (Wildman–Crippen LogP) is 4.01. The second-order valence-corrected chi connectivity index (χ2v) is 7.17. The first-order valence-corrected chi connectivity index (χ1v) is 9.08. The molecule has 4 nitrogen and oxygen atoms in total. The van der Waals surface area contributed by atoms with Crippen LogP contribution in [-0.2, 0) is 6.42 Å². The molecule has 3 heterocycles. The summed E-state index contributed by atoms with van der Waals surface area (Å²) in [4.78, 5) is 14.1. The molecule has 0 saturated heterocycles. The molecule has 1 aliphatic carbocycles. The van der Waals surface area contributed by atoms with Crippen LogP contribution in [0.5, 0.6) is 0 Å². The zero-order valence-corrected chi connectivity index (χ0v) is 13.5. The van der Waals surface area contributed by atoms with Gasteiger partial charge in [0.25, 0.3) is 5.91 Å². The van der Waals surface area contributed by atoms with Crippen molar-refractivity contribution in [2.45, 2.75) is 25.3 Å². The molecule has 0 saturated carbocycles. The van der Waals surface area contributed by atoms with Crippen molar-refractivity contribution in [1.82, 2.24) is 15.5 Å². The molecule has 3 aromatic heterocycles. The van der Waals surface area contributed by atoms with Crippen molar-refractivity contribution in [3.8, 4) is 11.3 Å². The fraction of sp³-hybridized carbons (Fsp3) is 0.250. The number of carbonyl (C=O) groups is 1. The third-order valence-corrected chi connectivity index (χ3v) is 5.73. The van der Waals surface area contributed by atoms with Crippen LogP contribution >= 0.6 is 22.7 Å². The molecule has 0 bridgehead atoms. The lowest BCUT2D eigenvalue weighted by molar-refractivity contribution is 0.0933. The van der Waals surface area contributed by atoms with Gasteiger partial charge >= 0.3 is 0 Å². The van der Waals surface area contributed by atoms with E-state index in [1.54, 1.807) is 28.9 Å². The van der Waals surface area contributed by atoms with Gasteiger partial charge in [-0.3, -0.25) is 9.89 Å². The largest absolute Gasteiger partial charge is 0.345 e. The van der Waals surface area contributed by atoms with Crippen molar-refractivity contribution in [2.75, 3.05) is 0 Å². The van der Waals surface area contributed by atoms with Crippen LogP contribution < -0.4 is 5.32 Å². The molecule has 4 rings (SSSR count). The van der Waals surface area contributed by atoms with E-state index in [4.69, 9.17) is 0 Å². The second-order valence-electron chi connectivity index (χ2n) is 5.39. The maximum Gasteiger partial charge on any atom is 0.255 e. The molecule has 1 atom stereocenters. The minimum atomic E-state index is -0.0565. The first-order valence-electron chi connectivity index (χ1n) is 7.26. The van der Waals surface area contributed by atoms with Gasteiger partial charge in [-0.25, -0.2) is 0 Å². The van der Waals surface area contributed by atoms with Crippen molar-refractivity contribution < 1.29 is 4.79 Å². The van der Waals surface area contributed by atoms with Gasteiger partial charge in [-0.2, -0.15) is 16.4 Å². The van der Waals surface area contributed by atoms with E-state index < -0.39 is 0 Å². The number of H-pyrrole nitrogens is 1. The van der Waals surface area contributed by atoms with E-state index in [1.807, 2.05) is 16.8 Å². The number of hydrogen-bond acceptors (Lipinski definition) is 4. The lowest BCUT2D eigenvalue weighted by Crippen LogP contribution is -2.30. The number of aromatic amines is 1. The van der Waals surface area contributed by atoms with Crippen LogP contribution in [0.25, 0.3) is 11.3 Å². The SMILES string of the molecule is O=C(NC1CCCc2sccc21)c1cn[nH]c1-c1ccsc1. The maximum atomic E-state index is 12.7. The normalized spacial score (nSPS) is 17.2. The zero-order valence-electron chi connectivity index (χ0n) is 11.8. The minimum Gasteiger partial charge on any atom is -0.345 e. The Balaban J connectivity index is 1.59. The molecular weight excluding hydrogens is 314 g/mol. The van der Waals surface area contributed by atoms with Gasteiger partial charge in [0.1, 0.15) is 0 Å². The highest BCUT2D eigenvalue weighted by Crippen LogP contribution is 2.33. The fourth-order valence-corrected chi connectivity index (χ4v) is 4.59. The second kappa shape index (κ2) is 5.70. The fourth-order valence-electron chi connectivity index (χ4n) is 2.96. The molecule has 0 radical (unpaired) electrons. The summed E-state index contributed by atoms with van der Waals surface area (Å²) in [6, 6.07) is 4.25.